The molecular formula is C13H25NO4. The average Bonchev–Trinajstić information content (AvgIpc) is 2.26. The van der Waals surface area contributed by atoms with Gasteiger partial charge in [0.2, 0.25) is 0 Å². The first-order valence-electron chi connectivity index (χ1n) is 6.49. The summed E-state index contributed by atoms with van der Waals surface area (Å²) in [4.78, 5) is 11.6. The molecule has 1 fully saturated rings. The van der Waals surface area contributed by atoms with E-state index in [1.165, 1.54) is 0 Å². The minimum absolute atomic E-state index is 0.00341. The molecule has 18 heavy (non-hydrogen) atoms. The van der Waals surface area contributed by atoms with Gasteiger partial charge in [0.05, 0.1) is 6.10 Å². The molecule has 2 N–H and O–H groups in total. The second-order valence-electron chi connectivity index (χ2n) is 5.87. The zero-order valence-electron chi connectivity index (χ0n) is 11.7. The van der Waals surface area contributed by atoms with Gasteiger partial charge in [-0.2, -0.15) is 0 Å². The highest BCUT2D eigenvalue weighted by atomic mass is 16.6. The summed E-state index contributed by atoms with van der Waals surface area (Å²) in [5, 5.41) is 12.1. The molecule has 1 aliphatic carbocycles. The second-order valence-corrected chi connectivity index (χ2v) is 5.87. The molecule has 5 nitrogen and oxygen atoms in total. The Morgan fingerprint density at radius 1 is 1.39 bits per heavy atom. The van der Waals surface area contributed by atoms with Crippen LogP contribution in [0.3, 0.4) is 0 Å². The molecule has 0 bridgehead atoms. The zero-order valence-corrected chi connectivity index (χ0v) is 11.7. The van der Waals surface area contributed by atoms with Gasteiger partial charge in [0.1, 0.15) is 5.60 Å². The predicted molar refractivity (Wildman–Crippen MR) is 68.4 cm³/mol. The molecule has 0 aromatic rings. The van der Waals surface area contributed by atoms with Gasteiger partial charge in [0.25, 0.3) is 0 Å². The average molecular weight is 259 g/mol. The molecule has 0 aromatic carbocycles. The van der Waals surface area contributed by atoms with Crippen molar-refractivity contribution >= 4 is 6.09 Å². The molecule has 0 spiro atoms. The van der Waals surface area contributed by atoms with Crippen LogP contribution in [-0.4, -0.2) is 42.7 Å². The number of ether oxygens (including phenoxy) is 2. The van der Waals surface area contributed by atoms with Crippen molar-refractivity contribution in [3.05, 3.63) is 0 Å². The smallest absolute Gasteiger partial charge is 0.407 e. The molecule has 3 atom stereocenters. The summed E-state index contributed by atoms with van der Waals surface area (Å²) in [5.41, 5.74) is -0.479. The maximum Gasteiger partial charge on any atom is 0.407 e. The van der Waals surface area contributed by atoms with Gasteiger partial charge in [0.15, 0.2) is 0 Å². The number of hydrogen-bond acceptors (Lipinski definition) is 4. The van der Waals surface area contributed by atoms with Gasteiger partial charge < -0.3 is 19.9 Å². The summed E-state index contributed by atoms with van der Waals surface area (Å²) in [6, 6.07) is 0.0626. The third-order valence-electron chi connectivity index (χ3n) is 3.19. The van der Waals surface area contributed by atoms with Crippen molar-refractivity contribution in [3.8, 4) is 0 Å². The van der Waals surface area contributed by atoms with Crippen LogP contribution < -0.4 is 5.32 Å². The largest absolute Gasteiger partial charge is 0.444 e. The van der Waals surface area contributed by atoms with Crippen LogP contribution in [0.5, 0.6) is 0 Å². The zero-order chi connectivity index (χ0) is 13.8. The summed E-state index contributed by atoms with van der Waals surface area (Å²) >= 11 is 0. The fourth-order valence-electron chi connectivity index (χ4n) is 2.29. The predicted octanol–water partition coefficient (Wildman–Crippen LogP) is 1.69. The topological polar surface area (TPSA) is 67.8 Å². The summed E-state index contributed by atoms with van der Waals surface area (Å²) in [7, 11) is 1.64. The maximum atomic E-state index is 11.6. The number of hydrogen-bond donors (Lipinski definition) is 2. The number of aliphatic hydroxyl groups excluding tert-OH is 1. The molecule has 0 heterocycles. The molecule has 5 heteroatoms. The molecule has 1 amide bonds. The van der Waals surface area contributed by atoms with E-state index in [2.05, 4.69) is 5.32 Å². The van der Waals surface area contributed by atoms with Gasteiger partial charge in [-0.15, -0.1) is 0 Å². The molecule has 0 saturated heterocycles. The van der Waals surface area contributed by atoms with Gasteiger partial charge >= 0.3 is 6.09 Å². The van der Waals surface area contributed by atoms with Crippen LogP contribution >= 0.6 is 0 Å². The van der Waals surface area contributed by atoms with Gasteiger partial charge in [-0.3, -0.25) is 0 Å². The van der Waals surface area contributed by atoms with Crippen LogP contribution in [0.25, 0.3) is 0 Å². The number of nitrogens with one attached hydrogen (secondary N) is 1. The normalized spacial score (nSPS) is 28.8. The van der Waals surface area contributed by atoms with E-state index in [0.717, 1.165) is 19.3 Å². The van der Waals surface area contributed by atoms with Crippen LogP contribution in [0.2, 0.25) is 0 Å². The van der Waals surface area contributed by atoms with E-state index in [0.29, 0.717) is 0 Å². The highest BCUT2D eigenvalue weighted by Crippen LogP contribution is 2.26. The lowest BCUT2D eigenvalue weighted by molar-refractivity contribution is -0.0115. The van der Waals surface area contributed by atoms with E-state index in [1.54, 1.807) is 7.11 Å². The first kappa shape index (κ1) is 15.2. The third kappa shape index (κ3) is 4.82. The Balaban J connectivity index is 2.42. The lowest BCUT2D eigenvalue weighted by Crippen LogP contribution is -2.45. The fourth-order valence-corrected chi connectivity index (χ4v) is 2.29. The minimum Gasteiger partial charge on any atom is -0.444 e. The first-order chi connectivity index (χ1) is 8.35. The van der Waals surface area contributed by atoms with E-state index >= 15 is 0 Å². The first-order valence-corrected chi connectivity index (χ1v) is 6.49. The number of aliphatic hydroxyl groups is 1. The molecule has 106 valence electrons. The van der Waals surface area contributed by atoms with Crippen LogP contribution in [0, 0.1) is 5.92 Å². The van der Waals surface area contributed by atoms with Crippen LogP contribution in [0.15, 0.2) is 0 Å². The maximum absolute atomic E-state index is 11.6. The summed E-state index contributed by atoms with van der Waals surface area (Å²) < 4.78 is 10.6. The van der Waals surface area contributed by atoms with Gasteiger partial charge in [-0.05, 0) is 40.0 Å². The van der Waals surface area contributed by atoms with Crippen molar-refractivity contribution in [1.82, 2.24) is 5.32 Å². The van der Waals surface area contributed by atoms with Gasteiger partial charge in [-0.1, -0.05) is 0 Å². The summed E-state index contributed by atoms with van der Waals surface area (Å²) in [6.45, 7) is 5.66. The van der Waals surface area contributed by atoms with E-state index in [1.807, 2.05) is 20.8 Å². The van der Waals surface area contributed by atoms with Gasteiger partial charge in [-0.25, -0.2) is 4.79 Å². The number of carbonyl (C=O) groups is 1. The van der Waals surface area contributed by atoms with Crippen molar-refractivity contribution in [1.29, 1.82) is 0 Å². The molecule has 1 saturated carbocycles. The molecule has 1 rings (SSSR count). The number of carbonyl (C=O) groups excluding carboxylic acids is 1. The van der Waals surface area contributed by atoms with E-state index in [9.17, 15) is 9.90 Å². The Kier molecular flexibility index (Phi) is 5.41. The number of amides is 1. The van der Waals surface area contributed by atoms with E-state index < -0.39 is 5.60 Å². The quantitative estimate of drug-likeness (QED) is 0.809. The third-order valence-corrected chi connectivity index (χ3v) is 3.19. The standard InChI is InChI=1S/C13H25NO4/c1-13(2,3)18-12(16)14-10-6-5-9(8-15)11(7-10)17-4/h9-11,15H,5-8H2,1-4H3,(H,14,16)/t9-,10+,11+/m1/s1. The molecule has 0 aromatic heterocycles. The second kappa shape index (κ2) is 6.38. The molecule has 0 aliphatic heterocycles. The summed E-state index contributed by atoms with van der Waals surface area (Å²) in [5.74, 6) is 0.173. The van der Waals surface area contributed by atoms with Gasteiger partial charge in [0, 0.05) is 25.7 Å². The Morgan fingerprint density at radius 3 is 2.56 bits per heavy atom. The van der Waals surface area contributed by atoms with Crippen LogP contribution in [0.1, 0.15) is 40.0 Å². The lowest BCUT2D eigenvalue weighted by atomic mass is 9.84. The van der Waals surface area contributed by atoms with Crippen molar-refractivity contribution in [3.63, 3.8) is 0 Å². The van der Waals surface area contributed by atoms with E-state index in [-0.39, 0.29) is 30.8 Å². The molecular weight excluding hydrogens is 234 g/mol. The Hall–Kier alpha value is -0.810. The van der Waals surface area contributed by atoms with Crippen molar-refractivity contribution in [2.45, 2.75) is 57.8 Å². The van der Waals surface area contributed by atoms with Crippen molar-refractivity contribution in [2.75, 3.05) is 13.7 Å². The highest BCUT2D eigenvalue weighted by Gasteiger charge is 2.31. The molecule has 0 unspecified atom stereocenters. The van der Waals surface area contributed by atoms with Crippen LogP contribution in [0.4, 0.5) is 4.79 Å². The lowest BCUT2D eigenvalue weighted by Gasteiger charge is -2.34. The monoisotopic (exact) mass is 259 g/mol. The SMILES string of the molecule is CO[C@H]1C[C@@H](NC(=O)OC(C)(C)C)CC[C@@H]1CO. The number of rotatable bonds is 3. The van der Waals surface area contributed by atoms with Crippen molar-refractivity contribution < 1.29 is 19.4 Å². The number of methoxy groups -OCH3 is 1. The van der Waals surface area contributed by atoms with Crippen LogP contribution in [-0.2, 0) is 9.47 Å². The summed E-state index contributed by atoms with van der Waals surface area (Å²) in [6.07, 6.45) is 2.05. The Labute approximate surface area is 109 Å². The highest BCUT2D eigenvalue weighted by molar-refractivity contribution is 5.68. The Bertz CT molecular complexity index is 275. The Morgan fingerprint density at radius 2 is 2.06 bits per heavy atom. The molecule has 1 aliphatic rings. The molecule has 0 radical (unpaired) electrons. The number of alkyl carbamates (subject to hydrolysis) is 1. The van der Waals surface area contributed by atoms with Crippen molar-refractivity contribution in [2.24, 2.45) is 5.92 Å². The van der Waals surface area contributed by atoms with E-state index in [4.69, 9.17) is 9.47 Å². The fraction of sp³-hybridized carbons (Fsp3) is 0.923. The minimum atomic E-state index is -0.479.